The Morgan fingerprint density at radius 2 is 1.53 bits per heavy atom. The molecule has 1 amide bonds. The average molecular weight is 462 g/mol. The third kappa shape index (κ3) is 5.52. The fourth-order valence-corrected chi connectivity index (χ4v) is 5.08. The number of nitrogens with zero attached hydrogens (tertiary/aromatic N) is 2. The van der Waals surface area contributed by atoms with Crippen LogP contribution in [-0.4, -0.2) is 55.2 Å². The molecule has 0 spiro atoms. The van der Waals surface area contributed by atoms with E-state index in [2.05, 4.69) is 0 Å². The fourth-order valence-electron chi connectivity index (χ4n) is 3.07. The Bertz CT molecular complexity index is 994. The minimum absolute atomic E-state index is 0.0218. The summed E-state index contributed by atoms with van der Waals surface area (Å²) in [6, 6.07) is 9.65. The second kappa shape index (κ2) is 8.94. The number of amides is 1. The van der Waals surface area contributed by atoms with Crippen molar-refractivity contribution in [2.45, 2.75) is 21.7 Å². The van der Waals surface area contributed by atoms with Gasteiger partial charge >= 0.3 is 5.51 Å². The van der Waals surface area contributed by atoms with Gasteiger partial charge in [0, 0.05) is 36.6 Å². The first-order valence-electron chi connectivity index (χ1n) is 8.97. The average Bonchev–Trinajstić information content (AvgIpc) is 2.94. The summed E-state index contributed by atoms with van der Waals surface area (Å²) in [7, 11) is -3.82. The van der Waals surface area contributed by atoms with E-state index in [1.54, 1.807) is 0 Å². The lowest BCUT2D eigenvalue weighted by atomic mass is 10.2. The topological polar surface area (TPSA) is 57.7 Å². The number of thioether (sulfide) groups is 1. The van der Waals surface area contributed by atoms with Gasteiger partial charge < -0.3 is 4.90 Å². The SMILES string of the molecule is O=C(c1ccc(SC(F)(F)F)cc1)N1CCCN(S(=O)(=O)c2ccc(F)cc2)CC1. The van der Waals surface area contributed by atoms with Crippen molar-refractivity contribution < 1.29 is 30.8 Å². The number of rotatable bonds is 4. The lowest BCUT2D eigenvalue weighted by molar-refractivity contribution is -0.0328. The monoisotopic (exact) mass is 462 g/mol. The maximum absolute atomic E-state index is 13.1. The number of carbonyl (C=O) groups is 1. The van der Waals surface area contributed by atoms with E-state index >= 15 is 0 Å². The summed E-state index contributed by atoms with van der Waals surface area (Å²) in [5.41, 5.74) is -4.17. The van der Waals surface area contributed by atoms with Crippen LogP contribution < -0.4 is 0 Å². The van der Waals surface area contributed by atoms with Gasteiger partial charge in [-0.15, -0.1) is 0 Å². The van der Waals surface area contributed by atoms with Crippen LogP contribution in [0.25, 0.3) is 0 Å². The minimum atomic E-state index is -4.41. The molecular formula is C19H18F4N2O3S2. The number of halogens is 4. The van der Waals surface area contributed by atoms with Crippen LogP contribution in [0.1, 0.15) is 16.8 Å². The molecule has 2 aromatic carbocycles. The molecule has 0 bridgehead atoms. The van der Waals surface area contributed by atoms with Gasteiger partial charge in [-0.25, -0.2) is 12.8 Å². The third-order valence-corrected chi connectivity index (χ3v) is 7.18. The predicted octanol–water partition coefficient (Wildman–Crippen LogP) is 3.97. The zero-order chi connectivity index (χ0) is 21.9. The lowest BCUT2D eigenvalue weighted by Gasteiger charge is -2.22. The predicted molar refractivity (Wildman–Crippen MR) is 104 cm³/mol. The first-order chi connectivity index (χ1) is 14.1. The van der Waals surface area contributed by atoms with Gasteiger partial charge in [0.05, 0.1) is 4.90 Å². The number of benzene rings is 2. The van der Waals surface area contributed by atoms with Crippen LogP contribution in [-0.2, 0) is 10.0 Å². The first kappa shape index (κ1) is 22.6. The lowest BCUT2D eigenvalue weighted by Crippen LogP contribution is -2.37. The van der Waals surface area contributed by atoms with E-state index in [0.29, 0.717) is 13.0 Å². The van der Waals surface area contributed by atoms with Crippen LogP contribution >= 0.6 is 11.8 Å². The zero-order valence-corrected chi connectivity index (χ0v) is 17.2. The van der Waals surface area contributed by atoms with Crippen molar-refractivity contribution in [3.63, 3.8) is 0 Å². The molecule has 162 valence electrons. The standard InChI is InChI=1S/C19H18F4N2O3S2/c20-15-4-8-17(9-5-15)30(27,28)25-11-1-10-24(12-13-25)18(26)14-2-6-16(7-3-14)29-19(21,22)23/h2-9H,1,10-13H2. The van der Waals surface area contributed by atoms with Gasteiger partial charge in [-0.3, -0.25) is 4.79 Å². The van der Waals surface area contributed by atoms with Crippen LogP contribution in [0.3, 0.4) is 0 Å². The fraction of sp³-hybridized carbons (Fsp3) is 0.316. The van der Waals surface area contributed by atoms with E-state index in [0.717, 1.165) is 12.1 Å². The Morgan fingerprint density at radius 1 is 0.900 bits per heavy atom. The smallest absolute Gasteiger partial charge is 0.337 e. The Morgan fingerprint density at radius 3 is 2.13 bits per heavy atom. The molecule has 5 nitrogen and oxygen atoms in total. The maximum atomic E-state index is 13.1. The molecule has 1 aliphatic heterocycles. The molecule has 0 atom stereocenters. The van der Waals surface area contributed by atoms with Gasteiger partial charge in [-0.2, -0.15) is 17.5 Å². The van der Waals surface area contributed by atoms with Gasteiger partial charge in [-0.1, -0.05) is 0 Å². The quantitative estimate of drug-likeness (QED) is 0.510. The molecule has 1 heterocycles. The summed E-state index contributed by atoms with van der Waals surface area (Å²) in [6.07, 6.45) is 0.397. The van der Waals surface area contributed by atoms with Crippen LogP contribution in [0.4, 0.5) is 17.6 Å². The van der Waals surface area contributed by atoms with Crippen molar-refractivity contribution in [3.05, 3.63) is 59.9 Å². The van der Waals surface area contributed by atoms with Crippen molar-refractivity contribution in [2.75, 3.05) is 26.2 Å². The molecule has 0 N–H and O–H groups in total. The molecule has 0 saturated carbocycles. The second-order valence-electron chi connectivity index (χ2n) is 6.58. The Kier molecular flexibility index (Phi) is 6.73. The highest BCUT2D eigenvalue weighted by molar-refractivity contribution is 8.00. The molecule has 1 aliphatic rings. The highest BCUT2D eigenvalue weighted by Crippen LogP contribution is 2.36. The van der Waals surface area contributed by atoms with Crippen LogP contribution in [0.2, 0.25) is 0 Å². The highest BCUT2D eigenvalue weighted by atomic mass is 32.2. The summed E-state index contributed by atoms with van der Waals surface area (Å²) >= 11 is -0.260. The van der Waals surface area contributed by atoms with Crippen LogP contribution in [0, 0.1) is 5.82 Å². The minimum Gasteiger partial charge on any atom is -0.337 e. The molecule has 1 saturated heterocycles. The van der Waals surface area contributed by atoms with Crippen molar-refractivity contribution >= 4 is 27.7 Å². The van der Waals surface area contributed by atoms with Gasteiger partial charge in [0.2, 0.25) is 10.0 Å². The normalized spacial score (nSPS) is 16.3. The number of hydrogen-bond donors (Lipinski definition) is 0. The molecule has 1 fully saturated rings. The highest BCUT2D eigenvalue weighted by Gasteiger charge is 2.30. The summed E-state index contributed by atoms with van der Waals surface area (Å²) < 4.78 is 77.1. The Labute approximate surface area is 175 Å². The van der Waals surface area contributed by atoms with Crippen LogP contribution in [0.15, 0.2) is 58.3 Å². The van der Waals surface area contributed by atoms with E-state index in [1.165, 1.54) is 45.6 Å². The molecule has 3 rings (SSSR count). The largest absolute Gasteiger partial charge is 0.446 e. The molecule has 0 aliphatic carbocycles. The molecule has 30 heavy (non-hydrogen) atoms. The van der Waals surface area contributed by atoms with E-state index in [-0.39, 0.29) is 52.7 Å². The van der Waals surface area contributed by atoms with Gasteiger partial charge in [0.15, 0.2) is 0 Å². The zero-order valence-electron chi connectivity index (χ0n) is 15.6. The number of alkyl halides is 3. The molecule has 0 aromatic heterocycles. The third-order valence-electron chi connectivity index (χ3n) is 4.53. The van der Waals surface area contributed by atoms with Crippen molar-refractivity contribution in [1.82, 2.24) is 9.21 Å². The molecule has 0 radical (unpaired) electrons. The number of sulfonamides is 1. The first-order valence-corrected chi connectivity index (χ1v) is 11.2. The number of carbonyl (C=O) groups excluding carboxylic acids is 1. The molecule has 2 aromatic rings. The van der Waals surface area contributed by atoms with Gasteiger partial charge in [0.1, 0.15) is 5.82 Å². The summed E-state index contributed by atoms with van der Waals surface area (Å²) in [5.74, 6) is -0.916. The Balaban J connectivity index is 1.67. The van der Waals surface area contributed by atoms with Gasteiger partial charge in [0.25, 0.3) is 5.91 Å². The maximum Gasteiger partial charge on any atom is 0.446 e. The van der Waals surface area contributed by atoms with Crippen molar-refractivity contribution in [1.29, 1.82) is 0 Å². The molecular weight excluding hydrogens is 444 g/mol. The molecule has 11 heteroatoms. The summed E-state index contributed by atoms with van der Waals surface area (Å²) in [5, 5.41) is 0. The van der Waals surface area contributed by atoms with E-state index in [4.69, 9.17) is 0 Å². The van der Waals surface area contributed by atoms with Gasteiger partial charge in [-0.05, 0) is 66.7 Å². The van der Waals surface area contributed by atoms with E-state index in [9.17, 15) is 30.8 Å². The Hall–Kier alpha value is -2.11. The summed E-state index contributed by atoms with van der Waals surface area (Å²) in [4.78, 5) is 14.1. The van der Waals surface area contributed by atoms with E-state index < -0.39 is 21.3 Å². The van der Waals surface area contributed by atoms with E-state index in [1.807, 2.05) is 0 Å². The van der Waals surface area contributed by atoms with Crippen molar-refractivity contribution in [2.24, 2.45) is 0 Å². The second-order valence-corrected chi connectivity index (χ2v) is 9.65. The van der Waals surface area contributed by atoms with Crippen LogP contribution in [0.5, 0.6) is 0 Å². The van der Waals surface area contributed by atoms with Crippen molar-refractivity contribution in [3.8, 4) is 0 Å². The number of hydrogen-bond acceptors (Lipinski definition) is 4. The molecule has 0 unspecified atom stereocenters. The summed E-state index contributed by atoms with van der Waals surface area (Å²) in [6.45, 7) is 0.712.